The molecular weight excluding hydrogens is 911 g/mol. The van der Waals surface area contributed by atoms with Crippen LogP contribution in [0, 0.1) is 0 Å². The van der Waals surface area contributed by atoms with Gasteiger partial charge in [-0.1, -0.05) is 182 Å². The predicted octanol–water partition coefficient (Wildman–Crippen LogP) is 18.5. The first-order valence-electron chi connectivity index (χ1n) is 25.5. The van der Waals surface area contributed by atoms with E-state index in [1.165, 1.54) is 27.5 Å². The standard InChI is InChI=1S/C70H47N5/c1-7-19-48(20-8-1)52-31-39-66-60(43-52)61-45-54(33-40-67(61)74(66)59-37-35-58(36-38-59)73(56-27-15-5-16-28-56)57-29-17-6-18-30-57)55-34-42-69-63(46-55)62-44-53(49-21-9-2-10-22-49)32-41-68(62)75(69)70-71-64(50-23-11-3-12-24-50)47-65(72-70)51-25-13-4-14-26-51/h1-47H. The third-order valence-electron chi connectivity index (χ3n) is 14.5. The summed E-state index contributed by atoms with van der Waals surface area (Å²) in [5.74, 6) is 0.625. The first kappa shape index (κ1) is 43.7. The topological polar surface area (TPSA) is 38.9 Å². The minimum absolute atomic E-state index is 0.625. The normalized spacial score (nSPS) is 11.5. The lowest BCUT2D eigenvalue weighted by Crippen LogP contribution is -2.09. The Labute approximate surface area is 435 Å². The summed E-state index contributed by atoms with van der Waals surface area (Å²) in [7, 11) is 0. The molecular formula is C70H47N5. The second-order valence-corrected chi connectivity index (χ2v) is 19.0. The van der Waals surface area contributed by atoms with Gasteiger partial charge in [-0.2, -0.15) is 0 Å². The van der Waals surface area contributed by atoms with Gasteiger partial charge in [0.1, 0.15) is 0 Å². The fourth-order valence-electron chi connectivity index (χ4n) is 10.9. The van der Waals surface area contributed by atoms with Gasteiger partial charge in [-0.3, -0.25) is 4.57 Å². The number of rotatable bonds is 10. The van der Waals surface area contributed by atoms with E-state index in [-0.39, 0.29) is 0 Å². The van der Waals surface area contributed by atoms with Crippen molar-refractivity contribution in [1.82, 2.24) is 19.1 Å². The number of anilines is 3. The van der Waals surface area contributed by atoms with Crippen LogP contribution in [0.15, 0.2) is 285 Å². The highest BCUT2D eigenvalue weighted by Crippen LogP contribution is 2.42. The molecule has 352 valence electrons. The van der Waals surface area contributed by atoms with Crippen LogP contribution in [-0.2, 0) is 0 Å². The zero-order chi connectivity index (χ0) is 49.7. The van der Waals surface area contributed by atoms with Crippen molar-refractivity contribution in [3.05, 3.63) is 285 Å². The first-order valence-corrected chi connectivity index (χ1v) is 25.5. The summed E-state index contributed by atoms with van der Waals surface area (Å²) < 4.78 is 4.66. The summed E-state index contributed by atoms with van der Waals surface area (Å²) in [6.45, 7) is 0. The molecule has 14 rings (SSSR count). The fraction of sp³-hybridized carbons (Fsp3) is 0. The predicted molar refractivity (Wildman–Crippen MR) is 313 cm³/mol. The van der Waals surface area contributed by atoms with E-state index >= 15 is 0 Å². The van der Waals surface area contributed by atoms with E-state index in [4.69, 9.17) is 9.97 Å². The quantitative estimate of drug-likeness (QED) is 0.137. The van der Waals surface area contributed by atoms with E-state index in [1.54, 1.807) is 0 Å². The molecule has 0 aliphatic carbocycles. The average Bonchev–Trinajstić information content (AvgIpc) is 4.05. The van der Waals surface area contributed by atoms with Gasteiger partial charge in [-0.25, -0.2) is 9.97 Å². The molecule has 14 aromatic rings. The van der Waals surface area contributed by atoms with Crippen LogP contribution in [0.2, 0.25) is 0 Å². The largest absolute Gasteiger partial charge is 0.311 e. The molecule has 0 aliphatic heterocycles. The van der Waals surface area contributed by atoms with E-state index < -0.39 is 0 Å². The van der Waals surface area contributed by atoms with E-state index in [0.717, 1.165) is 94.8 Å². The van der Waals surface area contributed by atoms with Crippen molar-refractivity contribution in [3.63, 3.8) is 0 Å². The van der Waals surface area contributed by atoms with E-state index in [0.29, 0.717) is 5.95 Å². The number of hydrogen-bond donors (Lipinski definition) is 0. The third kappa shape index (κ3) is 7.91. The van der Waals surface area contributed by atoms with Crippen LogP contribution in [0.25, 0.3) is 111 Å². The number of aromatic nitrogens is 4. The van der Waals surface area contributed by atoms with Crippen LogP contribution < -0.4 is 4.90 Å². The van der Waals surface area contributed by atoms with Crippen LogP contribution in [0.3, 0.4) is 0 Å². The molecule has 11 aromatic carbocycles. The Balaban J connectivity index is 0.945. The van der Waals surface area contributed by atoms with Crippen molar-refractivity contribution in [2.45, 2.75) is 0 Å². The van der Waals surface area contributed by atoms with Crippen molar-refractivity contribution >= 4 is 60.7 Å². The zero-order valence-electron chi connectivity index (χ0n) is 40.9. The van der Waals surface area contributed by atoms with Crippen LogP contribution in [0.1, 0.15) is 0 Å². The first-order chi connectivity index (χ1) is 37.2. The number of benzene rings is 11. The SMILES string of the molecule is c1ccc(-c2ccc3c(c2)c2cc(-c4ccc5c(c4)c4cc(-c6ccccc6)ccc4n5-c4nc(-c5ccccc5)cc(-c5ccccc5)n4)ccc2n3-c2ccc(N(c3ccccc3)c3ccccc3)cc2)cc1. The van der Waals surface area contributed by atoms with Gasteiger partial charge in [0.2, 0.25) is 5.95 Å². The van der Waals surface area contributed by atoms with Crippen molar-refractivity contribution in [2.75, 3.05) is 4.90 Å². The molecule has 0 amide bonds. The fourth-order valence-corrected chi connectivity index (χ4v) is 10.9. The lowest BCUT2D eigenvalue weighted by Gasteiger charge is -2.25. The monoisotopic (exact) mass is 957 g/mol. The zero-order valence-corrected chi connectivity index (χ0v) is 40.9. The molecule has 0 radical (unpaired) electrons. The number of nitrogens with zero attached hydrogens (tertiary/aromatic N) is 5. The molecule has 3 heterocycles. The van der Waals surface area contributed by atoms with Gasteiger partial charge in [-0.15, -0.1) is 0 Å². The molecule has 3 aromatic heterocycles. The van der Waals surface area contributed by atoms with Gasteiger partial charge in [0, 0.05) is 55.4 Å². The van der Waals surface area contributed by atoms with E-state index in [1.807, 2.05) is 12.1 Å². The molecule has 0 N–H and O–H groups in total. The van der Waals surface area contributed by atoms with Crippen LogP contribution in [0.4, 0.5) is 17.1 Å². The maximum Gasteiger partial charge on any atom is 0.235 e. The number of hydrogen-bond acceptors (Lipinski definition) is 3. The molecule has 5 nitrogen and oxygen atoms in total. The summed E-state index contributed by atoms with van der Waals surface area (Å²) >= 11 is 0. The van der Waals surface area contributed by atoms with Gasteiger partial charge in [-0.05, 0) is 137 Å². The highest BCUT2D eigenvalue weighted by atomic mass is 15.2. The number of fused-ring (bicyclic) bond motifs is 6. The van der Waals surface area contributed by atoms with Crippen molar-refractivity contribution < 1.29 is 0 Å². The Bertz CT molecular complexity index is 4260. The Morgan fingerprint density at radius 1 is 0.240 bits per heavy atom. The van der Waals surface area contributed by atoms with E-state index in [2.05, 4.69) is 287 Å². The maximum atomic E-state index is 5.34. The van der Waals surface area contributed by atoms with Gasteiger partial charge < -0.3 is 9.47 Å². The van der Waals surface area contributed by atoms with Gasteiger partial charge >= 0.3 is 0 Å². The van der Waals surface area contributed by atoms with Crippen LogP contribution >= 0.6 is 0 Å². The molecule has 0 fully saturated rings. The minimum Gasteiger partial charge on any atom is -0.311 e. The minimum atomic E-state index is 0.625. The van der Waals surface area contributed by atoms with Crippen molar-refractivity contribution in [2.24, 2.45) is 0 Å². The van der Waals surface area contributed by atoms with Crippen LogP contribution in [-0.4, -0.2) is 19.1 Å². The Kier molecular flexibility index (Phi) is 10.8. The highest BCUT2D eigenvalue weighted by Gasteiger charge is 2.21. The van der Waals surface area contributed by atoms with Gasteiger partial charge in [0.25, 0.3) is 0 Å². The Hall–Kier alpha value is -10.1. The summed E-state index contributed by atoms with van der Waals surface area (Å²) in [6, 6.07) is 102. The smallest absolute Gasteiger partial charge is 0.235 e. The molecule has 0 spiro atoms. The molecule has 0 bridgehead atoms. The molecule has 0 saturated carbocycles. The van der Waals surface area contributed by atoms with Crippen LogP contribution in [0.5, 0.6) is 0 Å². The molecule has 0 aliphatic rings. The molecule has 75 heavy (non-hydrogen) atoms. The van der Waals surface area contributed by atoms with Crippen molar-refractivity contribution in [1.29, 1.82) is 0 Å². The molecule has 0 atom stereocenters. The second-order valence-electron chi connectivity index (χ2n) is 19.0. The Morgan fingerprint density at radius 3 is 0.920 bits per heavy atom. The Morgan fingerprint density at radius 2 is 0.547 bits per heavy atom. The summed E-state index contributed by atoms with van der Waals surface area (Å²) in [5, 5.41) is 4.65. The summed E-state index contributed by atoms with van der Waals surface area (Å²) in [5.41, 5.74) is 19.5. The average molecular weight is 958 g/mol. The van der Waals surface area contributed by atoms with Crippen molar-refractivity contribution in [3.8, 4) is 67.5 Å². The summed E-state index contributed by atoms with van der Waals surface area (Å²) in [4.78, 5) is 13.0. The molecule has 0 saturated heterocycles. The van der Waals surface area contributed by atoms with Gasteiger partial charge in [0.15, 0.2) is 0 Å². The second kappa shape index (κ2) is 18.5. The summed E-state index contributed by atoms with van der Waals surface area (Å²) in [6.07, 6.45) is 0. The highest BCUT2D eigenvalue weighted by molar-refractivity contribution is 6.14. The molecule has 5 heteroatoms. The lowest BCUT2D eigenvalue weighted by molar-refractivity contribution is 0.995. The van der Waals surface area contributed by atoms with Gasteiger partial charge in [0.05, 0.1) is 33.5 Å². The third-order valence-corrected chi connectivity index (χ3v) is 14.5. The molecule has 0 unspecified atom stereocenters. The van der Waals surface area contributed by atoms with E-state index in [9.17, 15) is 0 Å². The maximum absolute atomic E-state index is 5.34. The number of para-hydroxylation sites is 2. The lowest BCUT2D eigenvalue weighted by atomic mass is 9.98.